The van der Waals surface area contributed by atoms with Crippen LogP contribution in [-0.2, 0) is 28.8 Å². The number of unbranched alkanes of at least 4 members (excludes halogenated alkanes) is 1. The summed E-state index contributed by atoms with van der Waals surface area (Å²) in [4.78, 5) is 31.7. The zero-order chi connectivity index (χ0) is 15.2. The van der Waals surface area contributed by atoms with Crippen LogP contribution in [0.15, 0.2) is 0 Å². The Labute approximate surface area is 120 Å². The molecular weight excluding hydrogens is 264 g/mol. The summed E-state index contributed by atoms with van der Waals surface area (Å²) in [5.74, 6) is -1.01. The van der Waals surface area contributed by atoms with E-state index < -0.39 is 11.9 Å². The summed E-state index contributed by atoms with van der Waals surface area (Å²) < 4.78 is 10.4. The van der Waals surface area contributed by atoms with E-state index in [2.05, 4.69) is 16.7 Å². The van der Waals surface area contributed by atoms with Crippen LogP contribution in [0, 0.1) is 0 Å². The van der Waals surface area contributed by atoms with Crippen molar-refractivity contribution in [2.24, 2.45) is 0 Å². The summed E-state index contributed by atoms with van der Waals surface area (Å²) in [5, 5.41) is 0. The summed E-state index contributed by atoms with van der Waals surface area (Å²) >= 11 is 0. The Balaban J connectivity index is 3.58. The number of rotatable bonds is 12. The van der Waals surface area contributed by atoms with Crippen LogP contribution in [0.4, 0.5) is 0 Å². The molecule has 0 aliphatic carbocycles. The lowest BCUT2D eigenvalue weighted by Gasteiger charge is -2.13. The normalized spacial score (nSPS) is 11.9. The van der Waals surface area contributed by atoms with Crippen molar-refractivity contribution in [1.82, 2.24) is 0 Å². The van der Waals surface area contributed by atoms with E-state index in [1.165, 1.54) is 0 Å². The third-order valence-corrected chi connectivity index (χ3v) is 2.30. The second kappa shape index (κ2) is 12.9. The fraction of sp³-hybridized carbons (Fsp3) is 0.857. The summed E-state index contributed by atoms with van der Waals surface area (Å²) in [7, 11) is 0. The summed E-state index contributed by atoms with van der Waals surface area (Å²) in [6.07, 6.45) is 2.43. The van der Waals surface area contributed by atoms with E-state index in [9.17, 15) is 9.59 Å². The molecule has 0 aromatic carbocycles. The van der Waals surface area contributed by atoms with Crippen LogP contribution < -0.4 is 0 Å². The molecule has 0 radical (unpaired) electrons. The second-order valence-corrected chi connectivity index (χ2v) is 4.51. The Morgan fingerprint density at radius 3 is 2.35 bits per heavy atom. The molecular formula is C14H26O6. The molecule has 0 saturated carbocycles. The van der Waals surface area contributed by atoms with E-state index in [1.54, 1.807) is 6.92 Å². The van der Waals surface area contributed by atoms with Crippen LogP contribution in [0.2, 0.25) is 0 Å². The summed E-state index contributed by atoms with van der Waals surface area (Å²) in [6, 6.07) is 0. The molecule has 0 rings (SSSR count). The number of hydrogen-bond donors (Lipinski definition) is 0. The lowest BCUT2D eigenvalue weighted by atomic mass is 10.3. The topological polar surface area (TPSA) is 71.1 Å². The molecule has 0 spiro atoms. The molecule has 0 heterocycles. The molecule has 0 bridgehead atoms. The van der Waals surface area contributed by atoms with Crippen molar-refractivity contribution < 1.29 is 28.8 Å². The Hall–Kier alpha value is -1.14. The Morgan fingerprint density at radius 2 is 1.70 bits per heavy atom. The quantitative estimate of drug-likeness (QED) is 0.238. The van der Waals surface area contributed by atoms with E-state index >= 15 is 0 Å². The van der Waals surface area contributed by atoms with Crippen molar-refractivity contribution in [2.45, 2.75) is 59.0 Å². The van der Waals surface area contributed by atoms with Gasteiger partial charge in [-0.05, 0) is 19.8 Å². The average Bonchev–Trinajstić information content (AvgIpc) is 2.42. The number of ether oxygens (including phenoxy) is 2. The lowest BCUT2D eigenvalue weighted by Crippen LogP contribution is -2.21. The highest BCUT2D eigenvalue weighted by Crippen LogP contribution is 2.01. The first kappa shape index (κ1) is 18.9. The highest BCUT2D eigenvalue weighted by atomic mass is 17.2. The predicted molar refractivity (Wildman–Crippen MR) is 72.9 cm³/mol. The molecule has 6 heteroatoms. The fourth-order valence-electron chi connectivity index (χ4n) is 1.25. The minimum atomic E-state index is -0.567. The minimum Gasteiger partial charge on any atom is -0.460 e. The maximum atomic E-state index is 11.5. The SMILES string of the molecule is CCCCOCC(C)OC(=O)CCC(=O)OOCCC. The van der Waals surface area contributed by atoms with Gasteiger partial charge in [0.15, 0.2) is 0 Å². The van der Waals surface area contributed by atoms with Crippen LogP contribution in [0.1, 0.15) is 52.9 Å². The zero-order valence-corrected chi connectivity index (χ0v) is 12.7. The van der Waals surface area contributed by atoms with E-state index in [0.29, 0.717) is 19.8 Å². The Morgan fingerprint density at radius 1 is 1.00 bits per heavy atom. The van der Waals surface area contributed by atoms with Gasteiger partial charge in [-0.1, -0.05) is 20.3 Å². The molecule has 0 aliphatic rings. The summed E-state index contributed by atoms with van der Waals surface area (Å²) in [5.41, 5.74) is 0. The van der Waals surface area contributed by atoms with E-state index in [-0.39, 0.29) is 18.9 Å². The largest absolute Gasteiger partial charge is 0.460 e. The predicted octanol–water partition coefficient (Wildman–Crippen LogP) is 2.40. The highest BCUT2D eigenvalue weighted by molar-refractivity contribution is 5.77. The van der Waals surface area contributed by atoms with Gasteiger partial charge in [-0.15, -0.1) is 0 Å². The van der Waals surface area contributed by atoms with Crippen LogP contribution in [0.25, 0.3) is 0 Å². The standard InChI is InChI=1S/C14H26O6/c1-4-6-10-17-11-12(3)19-13(15)7-8-14(16)20-18-9-5-2/h12H,4-11H2,1-3H3. The van der Waals surface area contributed by atoms with Gasteiger partial charge < -0.3 is 9.47 Å². The highest BCUT2D eigenvalue weighted by Gasteiger charge is 2.13. The molecule has 118 valence electrons. The van der Waals surface area contributed by atoms with Crippen LogP contribution in [0.5, 0.6) is 0 Å². The van der Waals surface area contributed by atoms with Gasteiger partial charge in [0, 0.05) is 6.61 Å². The van der Waals surface area contributed by atoms with Crippen LogP contribution in [-0.4, -0.2) is 37.9 Å². The number of hydrogen-bond acceptors (Lipinski definition) is 6. The van der Waals surface area contributed by atoms with Crippen LogP contribution >= 0.6 is 0 Å². The molecule has 6 nitrogen and oxygen atoms in total. The second-order valence-electron chi connectivity index (χ2n) is 4.51. The Bertz CT molecular complexity index is 266. The van der Waals surface area contributed by atoms with Crippen molar-refractivity contribution in [3.8, 4) is 0 Å². The van der Waals surface area contributed by atoms with E-state index in [1.807, 2.05) is 6.92 Å². The maximum absolute atomic E-state index is 11.5. The first-order chi connectivity index (χ1) is 9.60. The number of esters is 1. The first-order valence-electron chi connectivity index (χ1n) is 7.19. The van der Waals surface area contributed by atoms with Gasteiger partial charge in [-0.25, -0.2) is 4.79 Å². The third kappa shape index (κ3) is 11.9. The molecule has 1 atom stereocenters. The van der Waals surface area contributed by atoms with Gasteiger partial charge in [-0.2, -0.15) is 4.89 Å². The number of carbonyl (C=O) groups is 2. The van der Waals surface area contributed by atoms with E-state index in [0.717, 1.165) is 19.3 Å². The molecule has 0 aromatic rings. The van der Waals surface area contributed by atoms with Gasteiger partial charge >= 0.3 is 11.9 Å². The maximum Gasteiger partial charge on any atom is 0.342 e. The molecule has 0 N–H and O–H groups in total. The van der Waals surface area contributed by atoms with Crippen LogP contribution in [0.3, 0.4) is 0 Å². The third-order valence-electron chi connectivity index (χ3n) is 2.30. The van der Waals surface area contributed by atoms with E-state index in [4.69, 9.17) is 9.47 Å². The monoisotopic (exact) mass is 290 g/mol. The average molecular weight is 290 g/mol. The smallest absolute Gasteiger partial charge is 0.342 e. The minimum absolute atomic E-state index is 0.0202. The van der Waals surface area contributed by atoms with Crippen molar-refractivity contribution in [1.29, 1.82) is 0 Å². The van der Waals surface area contributed by atoms with Gasteiger partial charge in [0.05, 0.1) is 26.1 Å². The van der Waals surface area contributed by atoms with Gasteiger partial charge in [-0.3, -0.25) is 9.68 Å². The molecule has 1 unspecified atom stereocenters. The Kier molecular flexibility index (Phi) is 12.1. The van der Waals surface area contributed by atoms with Gasteiger partial charge in [0.2, 0.25) is 0 Å². The van der Waals surface area contributed by atoms with Crippen molar-refractivity contribution in [2.75, 3.05) is 19.8 Å². The van der Waals surface area contributed by atoms with Crippen molar-refractivity contribution in [3.05, 3.63) is 0 Å². The molecule has 20 heavy (non-hydrogen) atoms. The van der Waals surface area contributed by atoms with Crippen molar-refractivity contribution in [3.63, 3.8) is 0 Å². The zero-order valence-electron chi connectivity index (χ0n) is 12.7. The molecule has 0 saturated heterocycles. The first-order valence-corrected chi connectivity index (χ1v) is 7.19. The molecule has 0 aliphatic heterocycles. The fourth-order valence-corrected chi connectivity index (χ4v) is 1.25. The number of carbonyl (C=O) groups excluding carboxylic acids is 2. The summed E-state index contributed by atoms with van der Waals surface area (Å²) in [6.45, 7) is 7.12. The molecule has 0 fully saturated rings. The van der Waals surface area contributed by atoms with Crippen molar-refractivity contribution >= 4 is 11.9 Å². The van der Waals surface area contributed by atoms with Gasteiger partial charge in [0.25, 0.3) is 0 Å². The lowest BCUT2D eigenvalue weighted by molar-refractivity contribution is -0.272. The van der Waals surface area contributed by atoms with Gasteiger partial charge in [0.1, 0.15) is 6.10 Å². The molecule has 0 amide bonds. The molecule has 0 aromatic heterocycles.